The molecule has 6 heteroatoms. The van der Waals surface area contributed by atoms with Gasteiger partial charge in [0.2, 0.25) is 17.7 Å². The molecular formula is C21H27N3O3. The van der Waals surface area contributed by atoms with E-state index in [1.54, 1.807) is 18.9 Å². The van der Waals surface area contributed by atoms with Crippen LogP contribution in [0, 0.1) is 6.92 Å². The van der Waals surface area contributed by atoms with E-state index in [0.717, 1.165) is 5.56 Å². The Morgan fingerprint density at radius 2 is 2.07 bits per heavy atom. The number of carbonyl (C=O) groups is 1. The molecule has 27 heavy (non-hydrogen) atoms. The van der Waals surface area contributed by atoms with Crippen LogP contribution >= 0.6 is 0 Å². The van der Waals surface area contributed by atoms with Crippen LogP contribution in [0.5, 0.6) is 0 Å². The van der Waals surface area contributed by atoms with E-state index in [1.807, 2.05) is 12.2 Å². The van der Waals surface area contributed by atoms with E-state index in [4.69, 9.17) is 9.15 Å². The molecule has 0 bridgehead atoms. The van der Waals surface area contributed by atoms with Crippen LogP contribution in [0.25, 0.3) is 6.08 Å². The molecular weight excluding hydrogens is 342 g/mol. The van der Waals surface area contributed by atoms with Crippen LogP contribution in [0.15, 0.2) is 34.8 Å². The first-order valence-corrected chi connectivity index (χ1v) is 9.36. The van der Waals surface area contributed by atoms with Gasteiger partial charge in [-0.2, -0.15) is 0 Å². The van der Waals surface area contributed by atoms with Crippen molar-refractivity contribution in [3.8, 4) is 0 Å². The van der Waals surface area contributed by atoms with E-state index in [0.29, 0.717) is 37.1 Å². The number of ether oxygens (including phenoxy) is 1. The maximum Gasteiger partial charge on any atom is 0.239 e. The second-order valence-corrected chi connectivity index (χ2v) is 7.24. The van der Waals surface area contributed by atoms with E-state index in [1.165, 1.54) is 5.56 Å². The van der Waals surface area contributed by atoms with Crippen LogP contribution in [0.3, 0.4) is 0 Å². The fraction of sp³-hybridized carbons (Fsp3) is 0.476. The SMILES string of the molecule is CO[C@@H]1C[C@H](c2nnc(C)o2)N(C(=O)C/C=C/c2ccc(C(C)C)cc2)C1. The molecule has 1 aliphatic rings. The van der Waals surface area contributed by atoms with Gasteiger partial charge in [0.05, 0.1) is 6.10 Å². The van der Waals surface area contributed by atoms with Crippen molar-refractivity contribution >= 4 is 12.0 Å². The van der Waals surface area contributed by atoms with Gasteiger partial charge in [0.1, 0.15) is 6.04 Å². The Balaban J connectivity index is 1.64. The molecule has 1 aromatic carbocycles. The summed E-state index contributed by atoms with van der Waals surface area (Å²) in [6.45, 7) is 6.64. The number of methoxy groups -OCH3 is 1. The van der Waals surface area contributed by atoms with Crippen molar-refractivity contribution in [1.82, 2.24) is 15.1 Å². The summed E-state index contributed by atoms with van der Waals surface area (Å²) in [6.07, 6.45) is 4.87. The summed E-state index contributed by atoms with van der Waals surface area (Å²) in [7, 11) is 1.66. The predicted molar refractivity (Wildman–Crippen MR) is 103 cm³/mol. The average molecular weight is 369 g/mol. The fourth-order valence-electron chi connectivity index (χ4n) is 3.33. The lowest BCUT2D eigenvalue weighted by Gasteiger charge is -2.21. The van der Waals surface area contributed by atoms with Gasteiger partial charge in [0.25, 0.3) is 0 Å². The highest BCUT2D eigenvalue weighted by atomic mass is 16.5. The molecule has 2 atom stereocenters. The van der Waals surface area contributed by atoms with Gasteiger partial charge in [0.15, 0.2) is 0 Å². The molecule has 1 aliphatic heterocycles. The van der Waals surface area contributed by atoms with Gasteiger partial charge >= 0.3 is 0 Å². The lowest BCUT2D eigenvalue weighted by molar-refractivity contribution is -0.131. The van der Waals surface area contributed by atoms with Crippen LogP contribution in [0.1, 0.15) is 61.6 Å². The smallest absolute Gasteiger partial charge is 0.239 e. The minimum Gasteiger partial charge on any atom is -0.423 e. The van der Waals surface area contributed by atoms with Gasteiger partial charge in [-0.25, -0.2) is 0 Å². The number of aryl methyl sites for hydroxylation is 1. The number of likely N-dealkylation sites (tertiary alicyclic amines) is 1. The van der Waals surface area contributed by atoms with Crippen LogP contribution in [0.2, 0.25) is 0 Å². The Hall–Kier alpha value is -2.47. The summed E-state index contributed by atoms with van der Waals surface area (Å²) in [5.41, 5.74) is 2.40. The number of aromatic nitrogens is 2. The molecule has 0 N–H and O–H groups in total. The Labute approximate surface area is 160 Å². The maximum absolute atomic E-state index is 12.8. The van der Waals surface area contributed by atoms with Gasteiger partial charge in [-0.05, 0) is 17.0 Å². The van der Waals surface area contributed by atoms with E-state index >= 15 is 0 Å². The standard InChI is InChI=1S/C21H27N3O3/c1-14(2)17-10-8-16(9-11-17)6-5-7-20(25)24-13-18(26-4)12-19(24)21-23-22-15(3)27-21/h5-6,8-11,14,18-19H,7,12-13H2,1-4H3/b6-5+/t18-,19-/m1/s1. The molecule has 144 valence electrons. The first-order chi connectivity index (χ1) is 13.0. The van der Waals surface area contributed by atoms with Gasteiger partial charge in [0, 0.05) is 33.4 Å². The van der Waals surface area contributed by atoms with E-state index in [2.05, 4.69) is 48.3 Å². The zero-order valence-electron chi connectivity index (χ0n) is 16.4. The average Bonchev–Trinajstić information content (AvgIpc) is 3.28. The molecule has 0 radical (unpaired) electrons. The zero-order valence-corrected chi connectivity index (χ0v) is 16.4. The van der Waals surface area contributed by atoms with Crippen molar-refractivity contribution in [2.24, 2.45) is 0 Å². The topological polar surface area (TPSA) is 68.5 Å². The van der Waals surface area contributed by atoms with Crippen LogP contribution in [-0.2, 0) is 9.53 Å². The van der Waals surface area contributed by atoms with Crippen molar-refractivity contribution in [2.45, 2.75) is 51.7 Å². The molecule has 1 fully saturated rings. The highest BCUT2D eigenvalue weighted by Crippen LogP contribution is 2.33. The van der Waals surface area contributed by atoms with Gasteiger partial charge in [-0.15, -0.1) is 10.2 Å². The predicted octanol–water partition coefficient (Wildman–Crippen LogP) is 3.89. The molecule has 2 aromatic rings. The van der Waals surface area contributed by atoms with Crippen molar-refractivity contribution in [2.75, 3.05) is 13.7 Å². The summed E-state index contributed by atoms with van der Waals surface area (Å²) in [4.78, 5) is 14.5. The molecule has 2 heterocycles. The summed E-state index contributed by atoms with van der Waals surface area (Å²) in [5, 5.41) is 7.98. The number of nitrogens with zero attached hydrogens (tertiary/aromatic N) is 3. The molecule has 0 saturated carbocycles. The third-order valence-electron chi connectivity index (χ3n) is 4.95. The second kappa shape index (κ2) is 8.48. The van der Waals surface area contributed by atoms with E-state index < -0.39 is 0 Å². The minimum atomic E-state index is -0.220. The normalized spacial score (nSPS) is 20.1. The van der Waals surface area contributed by atoms with Crippen LogP contribution in [0.4, 0.5) is 0 Å². The second-order valence-electron chi connectivity index (χ2n) is 7.24. The van der Waals surface area contributed by atoms with Gasteiger partial charge < -0.3 is 14.1 Å². The number of benzene rings is 1. The largest absolute Gasteiger partial charge is 0.423 e. The van der Waals surface area contributed by atoms with Crippen LogP contribution < -0.4 is 0 Å². The summed E-state index contributed by atoms with van der Waals surface area (Å²) < 4.78 is 11.0. The number of rotatable bonds is 6. The van der Waals surface area contributed by atoms with Crippen molar-refractivity contribution in [1.29, 1.82) is 0 Å². The molecule has 1 aromatic heterocycles. The Kier molecular flexibility index (Phi) is 6.06. The monoisotopic (exact) mass is 369 g/mol. The molecule has 1 amide bonds. The number of amides is 1. The number of hydrogen-bond acceptors (Lipinski definition) is 5. The fourth-order valence-corrected chi connectivity index (χ4v) is 3.33. The molecule has 0 unspecified atom stereocenters. The van der Waals surface area contributed by atoms with Crippen molar-refractivity contribution < 1.29 is 13.9 Å². The van der Waals surface area contributed by atoms with Crippen LogP contribution in [-0.4, -0.2) is 40.8 Å². The van der Waals surface area contributed by atoms with E-state index in [9.17, 15) is 4.79 Å². The van der Waals surface area contributed by atoms with Gasteiger partial charge in [-0.1, -0.05) is 50.3 Å². The molecule has 1 saturated heterocycles. The number of carbonyl (C=O) groups excluding carboxylic acids is 1. The lowest BCUT2D eigenvalue weighted by Crippen LogP contribution is -2.31. The summed E-state index contributed by atoms with van der Waals surface area (Å²) in [5.74, 6) is 1.53. The first kappa shape index (κ1) is 19.3. The van der Waals surface area contributed by atoms with E-state index in [-0.39, 0.29) is 18.1 Å². The zero-order chi connectivity index (χ0) is 19.4. The molecule has 3 rings (SSSR count). The van der Waals surface area contributed by atoms with Crippen molar-refractivity contribution in [3.05, 3.63) is 53.2 Å². The first-order valence-electron chi connectivity index (χ1n) is 9.36. The van der Waals surface area contributed by atoms with Crippen molar-refractivity contribution in [3.63, 3.8) is 0 Å². The summed E-state index contributed by atoms with van der Waals surface area (Å²) in [6, 6.07) is 8.20. The third-order valence-corrected chi connectivity index (χ3v) is 4.95. The lowest BCUT2D eigenvalue weighted by atomic mass is 10.0. The van der Waals surface area contributed by atoms with Gasteiger partial charge in [-0.3, -0.25) is 4.79 Å². The Morgan fingerprint density at radius 1 is 1.33 bits per heavy atom. The maximum atomic E-state index is 12.8. The Bertz CT molecular complexity index is 795. The third kappa shape index (κ3) is 4.63. The molecule has 0 aliphatic carbocycles. The Morgan fingerprint density at radius 3 is 2.67 bits per heavy atom. The molecule has 0 spiro atoms. The summed E-state index contributed by atoms with van der Waals surface area (Å²) >= 11 is 0. The number of hydrogen-bond donors (Lipinski definition) is 0. The highest BCUT2D eigenvalue weighted by molar-refractivity contribution is 5.79. The highest BCUT2D eigenvalue weighted by Gasteiger charge is 2.38. The molecule has 6 nitrogen and oxygen atoms in total. The quantitative estimate of drug-likeness (QED) is 0.773. The minimum absolute atomic E-state index is 0.0151.